The van der Waals surface area contributed by atoms with E-state index in [0.717, 1.165) is 16.7 Å². The standard InChI is InChI=1S/C18H18N2OS/c1-20-11-10-19-18(20)22-14-16-8-5-9-17(12-16)21-13-15-6-3-2-4-7-15/h2-12H,13-14H2,1H3. The maximum absolute atomic E-state index is 5.86. The highest BCUT2D eigenvalue weighted by molar-refractivity contribution is 7.98. The van der Waals surface area contributed by atoms with Crippen LogP contribution in [0.2, 0.25) is 0 Å². The highest BCUT2D eigenvalue weighted by Gasteiger charge is 2.03. The van der Waals surface area contributed by atoms with Crippen LogP contribution in [0, 0.1) is 0 Å². The smallest absolute Gasteiger partial charge is 0.167 e. The van der Waals surface area contributed by atoms with Crippen LogP contribution < -0.4 is 4.74 Å². The van der Waals surface area contributed by atoms with Crippen LogP contribution in [0.3, 0.4) is 0 Å². The molecule has 0 atom stereocenters. The Morgan fingerprint density at radius 1 is 1.05 bits per heavy atom. The van der Waals surface area contributed by atoms with Gasteiger partial charge in [-0.15, -0.1) is 0 Å². The van der Waals surface area contributed by atoms with Crippen LogP contribution in [-0.4, -0.2) is 9.55 Å². The highest BCUT2D eigenvalue weighted by atomic mass is 32.2. The quantitative estimate of drug-likeness (QED) is 0.635. The first kappa shape index (κ1) is 14.7. The summed E-state index contributed by atoms with van der Waals surface area (Å²) in [4.78, 5) is 4.32. The van der Waals surface area contributed by atoms with Crippen LogP contribution in [0.4, 0.5) is 0 Å². The molecule has 0 amide bonds. The summed E-state index contributed by atoms with van der Waals surface area (Å²) in [6, 6.07) is 18.5. The number of thioether (sulfide) groups is 1. The fourth-order valence-electron chi connectivity index (χ4n) is 2.10. The lowest BCUT2D eigenvalue weighted by Crippen LogP contribution is -1.95. The minimum Gasteiger partial charge on any atom is -0.489 e. The number of aromatic nitrogens is 2. The van der Waals surface area contributed by atoms with E-state index in [0.29, 0.717) is 6.61 Å². The molecular weight excluding hydrogens is 292 g/mol. The molecule has 0 aliphatic carbocycles. The van der Waals surface area contributed by atoms with E-state index < -0.39 is 0 Å². The van der Waals surface area contributed by atoms with Gasteiger partial charge in [0, 0.05) is 25.2 Å². The molecule has 0 N–H and O–H groups in total. The number of rotatable bonds is 6. The summed E-state index contributed by atoms with van der Waals surface area (Å²) >= 11 is 1.73. The normalized spacial score (nSPS) is 10.6. The molecule has 0 saturated carbocycles. The number of imidazole rings is 1. The molecule has 0 fully saturated rings. The Kier molecular flexibility index (Phi) is 4.81. The highest BCUT2D eigenvalue weighted by Crippen LogP contribution is 2.23. The Balaban J connectivity index is 1.59. The van der Waals surface area contributed by atoms with Crippen molar-refractivity contribution in [2.45, 2.75) is 17.5 Å². The molecule has 0 radical (unpaired) electrons. The first-order chi connectivity index (χ1) is 10.8. The van der Waals surface area contributed by atoms with Gasteiger partial charge in [0.2, 0.25) is 0 Å². The number of benzene rings is 2. The van der Waals surface area contributed by atoms with E-state index in [1.165, 1.54) is 11.1 Å². The Labute approximate surface area is 135 Å². The van der Waals surface area contributed by atoms with Gasteiger partial charge in [-0.25, -0.2) is 4.98 Å². The average molecular weight is 310 g/mol. The SMILES string of the molecule is Cn1ccnc1SCc1cccc(OCc2ccccc2)c1. The van der Waals surface area contributed by atoms with Gasteiger partial charge in [-0.2, -0.15) is 0 Å². The molecule has 3 rings (SSSR count). The fourth-order valence-corrected chi connectivity index (χ4v) is 2.98. The van der Waals surface area contributed by atoms with Crippen molar-refractivity contribution in [3.05, 3.63) is 78.1 Å². The van der Waals surface area contributed by atoms with E-state index in [9.17, 15) is 0 Å². The number of hydrogen-bond donors (Lipinski definition) is 0. The predicted octanol–water partition coefficient (Wildman–Crippen LogP) is 4.29. The summed E-state index contributed by atoms with van der Waals surface area (Å²) in [5.74, 6) is 1.79. The van der Waals surface area contributed by atoms with Gasteiger partial charge in [-0.3, -0.25) is 0 Å². The van der Waals surface area contributed by atoms with Crippen molar-refractivity contribution in [1.82, 2.24) is 9.55 Å². The molecule has 0 aliphatic rings. The van der Waals surface area contributed by atoms with Crippen molar-refractivity contribution in [3.63, 3.8) is 0 Å². The van der Waals surface area contributed by atoms with Crippen LogP contribution >= 0.6 is 11.8 Å². The summed E-state index contributed by atoms with van der Waals surface area (Å²) < 4.78 is 7.89. The van der Waals surface area contributed by atoms with Crippen molar-refractivity contribution in [3.8, 4) is 5.75 Å². The maximum atomic E-state index is 5.86. The van der Waals surface area contributed by atoms with Gasteiger partial charge in [0.25, 0.3) is 0 Å². The molecule has 22 heavy (non-hydrogen) atoms. The molecule has 0 unspecified atom stereocenters. The third kappa shape index (κ3) is 3.92. The van der Waals surface area contributed by atoms with Gasteiger partial charge in [0.1, 0.15) is 12.4 Å². The molecule has 1 aromatic heterocycles. The van der Waals surface area contributed by atoms with Crippen molar-refractivity contribution in [2.24, 2.45) is 7.05 Å². The average Bonchev–Trinajstić information content (AvgIpc) is 2.98. The predicted molar refractivity (Wildman–Crippen MR) is 90.0 cm³/mol. The zero-order valence-corrected chi connectivity index (χ0v) is 13.3. The van der Waals surface area contributed by atoms with Crippen molar-refractivity contribution in [2.75, 3.05) is 0 Å². The van der Waals surface area contributed by atoms with E-state index >= 15 is 0 Å². The molecule has 3 nitrogen and oxygen atoms in total. The van der Waals surface area contributed by atoms with Gasteiger partial charge >= 0.3 is 0 Å². The minimum atomic E-state index is 0.594. The maximum Gasteiger partial charge on any atom is 0.167 e. The first-order valence-corrected chi connectivity index (χ1v) is 8.15. The van der Waals surface area contributed by atoms with E-state index in [2.05, 4.69) is 29.2 Å². The van der Waals surface area contributed by atoms with Crippen LogP contribution in [0.25, 0.3) is 0 Å². The van der Waals surface area contributed by atoms with Crippen molar-refractivity contribution < 1.29 is 4.74 Å². The van der Waals surface area contributed by atoms with Crippen LogP contribution in [0.15, 0.2) is 72.1 Å². The van der Waals surface area contributed by atoms with Gasteiger partial charge in [0.05, 0.1) is 0 Å². The van der Waals surface area contributed by atoms with E-state index in [1.54, 1.807) is 11.8 Å². The van der Waals surface area contributed by atoms with Crippen LogP contribution in [0.1, 0.15) is 11.1 Å². The lowest BCUT2D eigenvalue weighted by atomic mass is 10.2. The summed E-state index contributed by atoms with van der Waals surface area (Å²) in [6.45, 7) is 0.594. The Bertz CT molecular complexity index is 725. The van der Waals surface area contributed by atoms with Crippen LogP contribution in [0.5, 0.6) is 5.75 Å². The van der Waals surface area contributed by atoms with E-state index in [-0.39, 0.29) is 0 Å². The molecule has 0 aliphatic heterocycles. The Hall–Kier alpha value is -2.20. The van der Waals surface area contributed by atoms with Gasteiger partial charge in [-0.1, -0.05) is 54.2 Å². The minimum absolute atomic E-state index is 0.594. The third-order valence-corrected chi connectivity index (χ3v) is 4.42. The Morgan fingerprint density at radius 3 is 2.64 bits per heavy atom. The fraction of sp³-hybridized carbons (Fsp3) is 0.167. The molecule has 0 spiro atoms. The van der Waals surface area contributed by atoms with E-state index in [1.807, 2.05) is 54.3 Å². The molecule has 4 heteroatoms. The topological polar surface area (TPSA) is 27.1 Å². The summed E-state index contributed by atoms with van der Waals surface area (Å²) in [7, 11) is 2.01. The summed E-state index contributed by atoms with van der Waals surface area (Å²) in [6.07, 6.45) is 3.78. The number of aryl methyl sites for hydroxylation is 1. The lowest BCUT2D eigenvalue weighted by molar-refractivity contribution is 0.306. The molecule has 0 saturated heterocycles. The number of hydrogen-bond acceptors (Lipinski definition) is 3. The molecule has 3 aromatic rings. The molecular formula is C18H18N2OS. The number of ether oxygens (including phenoxy) is 1. The van der Waals surface area contributed by atoms with Gasteiger partial charge in [-0.05, 0) is 23.3 Å². The first-order valence-electron chi connectivity index (χ1n) is 7.17. The monoisotopic (exact) mass is 310 g/mol. The van der Waals surface area contributed by atoms with E-state index in [4.69, 9.17) is 4.74 Å². The second-order valence-corrected chi connectivity index (χ2v) is 5.97. The van der Waals surface area contributed by atoms with Gasteiger partial charge in [0.15, 0.2) is 5.16 Å². The van der Waals surface area contributed by atoms with Gasteiger partial charge < -0.3 is 9.30 Å². The summed E-state index contributed by atoms with van der Waals surface area (Å²) in [5, 5.41) is 1.02. The second-order valence-electron chi connectivity index (χ2n) is 5.03. The zero-order valence-electron chi connectivity index (χ0n) is 12.5. The molecule has 112 valence electrons. The second kappa shape index (κ2) is 7.18. The largest absolute Gasteiger partial charge is 0.489 e. The van der Waals surface area contributed by atoms with Crippen LogP contribution in [-0.2, 0) is 19.4 Å². The number of nitrogens with zero attached hydrogens (tertiary/aromatic N) is 2. The third-order valence-electron chi connectivity index (χ3n) is 3.29. The summed E-state index contributed by atoms with van der Waals surface area (Å²) in [5.41, 5.74) is 2.41. The van der Waals surface area contributed by atoms with Crippen molar-refractivity contribution in [1.29, 1.82) is 0 Å². The van der Waals surface area contributed by atoms with Crippen molar-refractivity contribution >= 4 is 11.8 Å². The Morgan fingerprint density at radius 2 is 1.86 bits per heavy atom. The molecule has 0 bridgehead atoms. The lowest BCUT2D eigenvalue weighted by Gasteiger charge is -2.08. The molecule has 2 aromatic carbocycles. The molecule has 1 heterocycles. The zero-order chi connectivity index (χ0) is 15.2.